The Morgan fingerprint density at radius 1 is 1.17 bits per heavy atom. The summed E-state index contributed by atoms with van der Waals surface area (Å²) in [5.41, 5.74) is 1.01. The summed E-state index contributed by atoms with van der Waals surface area (Å²) in [6.07, 6.45) is 1.08. The number of anilines is 1. The maximum absolute atomic E-state index is 12.0. The molecular weight excluding hydrogens is 373 g/mol. The summed E-state index contributed by atoms with van der Waals surface area (Å²) in [6.45, 7) is 1.56. The Labute approximate surface area is 150 Å². The second kappa shape index (κ2) is 7.42. The van der Waals surface area contributed by atoms with Gasteiger partial charge in [-0.3, -0.25) is 4.79 Å². The van der Waals surface area contributed by atoms with Crippen LogP contribution in [-0.2, 0) is 14.6 Å². The van der Waals surface area contributed by atoms with Crippen molar-refractivity contribution in [3.8, 4) is 5.75 Å². The highest BCUT2D eigenvalue weighted by molar-refractivity contribution is 7.90. The van der Waals surface area contributed by atoms with Crippen LogP contribution in [0.1, 0.15) is 5.56 Å². The number of carbonyl (C=O) groups is 1. The lowest BCUT2D eigenvalue weighted by atomic mass is 10.2. The van der Waals surface area contributed by atoms with E-state index in [1.54, 1.807) is 18.2 Å². The van der Waals surface area contributed by atoms with Crippen molar-refractivity contribution in [1.82, 2.24) is 0 Å². The van der Waals surface area contributed by atoms with Crippen molar-refractivity contribution in [2.24, 2.45) is 0 Å². The summed E-state index contributed by atoms with van der Waals surface area (Å²) < 4.78 is 28.6. The number of carbonyl (C=O) groups excluding carboxylic acids is 1. The lowest BCUT2D eigenvalue weighted by molar-refractivity contribution is -0.118. The summed E-state index contributed by atoms with van der Waals surface area (Å²) in [4.78, 5) is 12.1. The highest BCUT2D eigenvalue weighted by Crippen LogP contribution is 2.25. The highest BCUT2D eigenvalue weighted by Gasteiger charge is 2.13. The fourth-order valence-electron chi connectivity index (χ4n) is 1.94. The fourth-order valence-corrected chi connectivity index (χ4v) is 2.97. The molecule has 128 valence electrons. The first kappa shape index (κ1) is 18.6. The average molecular weight is 388 g/mol. The number of hydrogen-bond acceptors (Lipinski definition) is 4. The number of ether oxygens (including phenoxy) is 1. The molecule has 0 radical (unpaired) electrons. The molecule has 2 aromatic rings. The Hall–Kier alpha value is -1.76. The molecule has 2 rings (SSSR count). The Morgan fingerprint density at radius 3 is 2.50 bits per heavy atom. The molecule has 0 unspecified atom stereocenters. The van der Waals surface area contributed by atoms with E-state index in [0.29, 0.717) is 10.8 Å². The molecule has 1 N–H and O–H groups in total. The van der Waals surface area contributed by atoms with Gasteiger partial charge < -0.3 is 10.1 Å². The third-order valence-corrected chi connectivity index (χ3v) is 4.81. The number of aryl methyl sites for hydroxylation is 1. The van der Waals surface area contributed by atoms with Gasteiger partial charge in [0, 0.05) is 11.3 Å². The molecule has 0 aliphatic heterocycles. The maximum Gasteiger partial charge on any atom is 0.262 e. The zero-order valence-electron chi connectivity index (χ0n) is 13.0. The number of hydrogen-bond donors (Lipinski definition) is 1. The minimum Gasteiger partial charge on any atom is -0.483 e. The lowest BCUT2D eigenvalue weighted by Gasteiger charge is -2.11. The van der Waals surface area contributed by atoms with E-state index in [2.05, 4.69) is 5.32 Å². The van der Waals surface area contributed by atoms with Crippen LogP contribution in [-0.4, -0.2) is 27.2 Å². The van der Waals surface area contributed by atoms with E-state index >= 15 is 0 Å². The second-order valence-corrected chi connectivity index (χ2v) is 8.02. The number of halogens is 2. The Kier molecular flexibility index (Phi) is 5.74. The molecule has 0 saturated heterocycles. The zero-order valence-corrected chi connectivity index (χ0v) is 15.3. The molecule has 0 aliphatic rings. The van der Waals surface area contributed by atoms with Crippen molar-refractivity contribution < 1.29 is 17.9 Å². The van der Waals surface area contributed by atoms with Crippen molar-refractivity contribution in [3.63, 3.8) is 0 Å². The van der Waals surface area contributed by atoms with Gasteiger partial charge >= 0.3 is 0 Å². The summed E-state index contributed by atoms with van der Waals surface area (Å²) in [7, 11) is -3.40. The number of sulfone groups is 1. The fraction of sp³-hybridized carbons (Fsp3) is 0.188. The van der Waals surface area contributed by atoms with Crippen molar-refractivity contribution in [3.05, 3.63) is 52.0 Å². The smallest absolute Gasteiger partial charge is 0.262 e. The SMILES string of the molecule is Cc1cc(Cl)ccc1OCC(=O)Nc1cc(S(C)(=O)=O)ccc1Cl. The molecule has 0 bridgehead atoms. The van der Waals surface area contributed by atoms with E-state index in [1.165, 1.54) is 18.2 Å². The van der Waals surface area contributed by atoms with Gasteiger partial charge in [-0.15, -0.1) is 0 Å². The molecule has 0 atom stereocenters. The largest absolute Gasteiger partial charge is 0.483 e. The Bertz CT molecular complexity index is 882. The van der Waals surface area contributed by atoms with E-state index in [9.17, 15) is 13.2 Å². The molecule has 0 spiro atoms. The summed E-state index contributed by atoms with van der Waals surface area (Å²) >= 11 is 11.8. The standard InChI is InChI=1S/C16H15Cl2NO4S/c1-10-7-11(17)3-6-15(10)23-9-16(20)19-14-8-12(24(2,21)22)4-5-13(14)18/h3-8H,9H2,1-2H3,(H,19,20). The van der Waals surface area contributed by atoms with Gasteiger partial charge in [-0.2, -0.15) is 0 Å². The first-order chi connectivity index (χ1) is 11.2. The molecule has 8 heteroatoms. The molecular formula is C16H15Cl2NO4S. The number of rotatable bonds is 5. The molecule has 5 nitrogen and oxygen atoms in total. The van der Waals surface area contributed by atoms with Crippen LogP contribution < -0.4 is 10.1 Å². The molecule has 2 aromatic carbocycles. The monoisotopic (exact) mass is 387 g/mol. The van der Waals surface area contributed by atoms with Crippen molar-refractivity contribution in [2.75, 3.05) is 18.2 Å². The van der Waals surface area contributed by atoms with Crippen molar-refractivity contribution in [2.45, 2.75) is 11.8 Å². The van der Waals surface area contributed by atoms with Crippen LogP contribution in [0.25, 0.3) is 0 Å². The molecule has 0 saturated carbocycles. The molecule has 24 heavy (non-hydrogen) atoms. The second-order valence-electron chi connectivity index (χ2n) is 5.16. The predicted molar refractivity (Wildman–Crippen MR) is 94.9 cm³/mol. The van der Waals surface area contributed by atoms with Gasteiger partial charge in [-0.05, 0) is 48.9 Å². The molecule has 0 fully saturated rings. The van der Waals surface area contributed by atoms with Crippen LogP contribution in [0.2, 0.25) is 10.0 Å². The van der Waals surface area contributed by atoms with Crippen molar-refractivity contribution >= 4 is 44.6 Å². The van der Waals surface area contributed by atoms with Crippen LogP contribution in [0.3, 0.4) is 0 Å². The third-order valence-electron chi connectivity index (χ3n) is 3.14. The third kappa shape index (κ3) is 4.87. The summed E-state index contributed by atoms with van der Waals surface area (Å²) in [5, 5.41) is 3.35. The maximum atomic E-state index is 12.0. The van der Waals surface area contributed by atoms with E-state index in [-0.39, 0.29) is 22.2 Å². The van der Waals surface area contributed by atoms with Gasteiger partial charge in [0.15, 0.2) is 16.4 Å². The minimum atomic E-state index is -3.40. The number of amides is 1. The van der Waals surface area contributed by atoms with Gasteiger partial charge in [-0.25, -0.2) is 8.42 Å². The number of nitrogens with one attached hydrogen (secondary N) is 1. The van der Waals surface area contributed by atoms with E-state index in [1.807, 2.05) is 6.92 Å². The zero-order chi connectivity index (χ0) is 17.9. The predicted octanol–water partition coefficient (Wildman–Crippen LogP) is 3.72. The molecule has 1 amide bonds. The van der Waals surface area contributed by atoms with Gasteiger partial charge in [0.2, 0.25) is 0 Å². The Morgan fingerprint density at radius 2 is 1.88 bits per heavy atom. The summed E-state index contributed by atoms with van der Waals surface area (Å²) in [6, 6.07) is 9.15. The number of benzene rings is 2. The first-order valence-corrected chi connectivity index (χ1v) is 9.50. The normalized spacial score (nSPS) is 11.2. The minimum absolute atomic E-state index is 0.0664. The molecule has 0 heterocycles. The van der Waals surface area contributed by atoms with Crippen molar-refractivity contribution in [1.29, 1.82) is 0 Å². The topological polar surface area (TPSA) is 72.5 Å². The van der Waals surface area contributed by atoms with E-state index in [0.717, 1.165) is 11.8 Å². The Balaban J connectivity index is 2.07. The van der Waals surface area contributed by atoms with Crippen LogP contribution >= 0.6 is 23.2 Å². The van der Waals surface area contributed by atoms with Crippen LogP contribution in [0, 0.1) is 6.92 Å². The van der Waals surface area contributed by atoms with E-state index in [4.69, 9.17) is 27.9 Å². The van der Waals surface area contributed by atoms with Gasteiger partial charge in [-0.1, -0.05) is 23.2 Å². The quantitative estimate of drug-likeness (QED) is 0.848. The summed E-state index contributed by atoms with van der Waals surface area (Å²) in [5.74, 6) is 0.0717. The van der Waals surface area contributed by atoms with Crippen LogP contribution in [0.5, 0.6) is 5.75 Å². The average Bonchev–Trinajstić information content (AvgIpc) is 2.47. The van der Waals surface area contributed by atoms with Gasteiger partial charge in [0.1, 0.15) is 5.75 Å². The first-order valence-electron chi connectivity index (χ1n) is 6.85. The van der Waals surface area contributed by atoms with Crippen LogP contribution in [0.15, 0.2) is 41.3 Å². The van der Waals surface area contributed by atoms with Gasteiger partial charge in [0.05, 0.1) is 15.6 Å². The molecule has 0 aromatic heterocycles. The van der Waals surface area contributed by atoms with Crippen LogP contribution in [0.4, 0.5) is 5.69 Å². The van der Waals surface area contributed by atoms with E-state index < -0.39 is 15.7 Å². The lowest BCUT2D eigenvalue weighted by Crippen LogP contribution is -2.20. The van der Waals surface area contributed by atoms with Gasteiger partial charge in [0.25, 0.3) is 5.91 Å². The highest BCUT2D eigenvalue weighted by atomic mass is 35.5. The molecule has 0 aliphatic carbocycles.